The standard InChI is InChI=1S/C19H35FS/c1-13-4-8-16(9-5-13)17-10-11-18(19(20)12-17)14(2)6-7-15(3)21/h13-19,21H,4-12H2,1-3H3. The Morgan fingerprint density at radius 3 is 2.14 bits per heavy atom. The van der Waals surface area contributed by atoms with E-state index in [1.807, 2.05) is 0 Å². The van der Waals surface area contributed by atoms with Gasteiger partial charge in [0.2, 0.25) is 0 Å². The Balaban J connectivity index is 1.78. The first-order valence-corrected chi connectivity index (χ1v) is 9.81. The van der Waals surface area contributed by atoms with Crippen LogP contribution in [0.1, 0.15) is 78.6 Å². The lowest BCUT2D eigenvalue weighted by Gasteiger charge is -2.40. The minimum atomic E-state index is -0.548. The molecule has 5 unspecified atom stereocenters. The van der Waals surface area contributed by atoms with Gasteiger partial charge in [0.15, 0.2) is 0 Å². The predicted molar refractivity (Wildman–Crippen MR) is 93.7 cm³/mol. The number of alkyl halides is 1. The molecule has 2 heteroatoms. The number of halogens is 1. The zero-order valence-electron chi connectivity index (χ0n) is 14.2. The predicted octanol–water partition coefficient (Wildman–Crippen LogP) is 6.30. The molecule has 0 spiro atoms. The summed E-state index contributed by atoms with van der Waals surface area (Å²) in [7, 11) is 0. The van der Waals surface area contributed by atoms with E-state index < -0.39 is 6.17 Å². The SMILES string of the molecule is CC(S)CCC(C)C1CCC(C2CCC(C)CC2)CC1F. The monoisotopic (exact) mass is 314 g/mol. The summed E-state index contributed by atoms with van der Waals surface area (Å²) in [6.07, 6.45) is 10.4. The molecule has 5 atom stereocenters. The van der Waals surface area contributed by atoms with Gasteiger partial charge in [-0.3, -0.25) is 0 Å². The largest absolute Gasteiger partial charge is 0.247 e. The normalized spacial score (nSPS) is 40.7. The van der Waals surface area contributed by atoms with Gasteiger partial charge in [0.1, 0.15) is 6.17 Å². The van der Waals surface area contributed by atoms with E-state index >= 15 is 0 Å². The first-order valence-electron chi connectivity index (χ1n) is 9.29. The summed E-state index contributed by atoms with van der Waals surface area (Å²) in [4.78, 5) is 0. The highest BCUT2D eigenvalue weighted by Crippen LogP contribution is 2.44. The second-order valence-electron chi connectivity index (χ2n) is 8.18. The zero-order valence-corrected chi connectivity index (χ0v) is 15.1. The second-order valence-corrected chi connectivity index (χ2v) is 9.06. The van der Waals surface area contributed by atoms with E-state index in [1.165, 1.54) is 32.1 Å². The third-order valence-corrected chi connectivity index (χ3v) is 6.62. The Hall–Kier alpha value is 0.280. The topological polar surface area (TPSA) is 0 Å². The molecule has 0 nitrogen and oxygen atoms in total. The summed E-state index contributed by atoms with van der Waals surface area (Å²) in [5.74, 6) is 3.26. The minimum Gasteiger partial charge on any atom is -0.247 e. The molecule has 0 amide bonds. The first kappa shape index (κ1) is 17.6. The Bertz CT molecular complexity index is 296. The van der Waals surface area contributed by atoms with E-state index in [9.17, 15) is 4.39 Å². The van der Waals surface area contributed by atoms with Crippen LogP contribution in [0.5, 0.6) is 0 Å². The van der Waals surface area contributed by atoms with Crippen LogP contribution in [0.15, 0.2) is 0 Å². The van der Waals surface area contributed by atoms with Crippen molar-refractivity contribution in [3.8, 4) is 0 Å². The van der Waals surface area contributed by atoms with Crippen LogP contribution in [0.25, 0.3) is 0 Å². The van der Waals surface area contributed by atoms with Crippen LogP contribution in [0.2, 0.25) is 0 Å². The van der Waals surface area contributed by atoms with E-state index in [1.54, 1.807) is 0 Å². The summed E-state index contributed by atoms with van der Waals surface area (Å²) < 4.78 is 14.7. The van der Waals surface area contributed by atoms with Gasteiger partial charge in [-0.1, -0.05) is 33.6 Å². The molecule has 2 rings (SSSR count). The summed E-state index contributed by atoms with van der Waals surface area (Å²) >= 11 is 4.46. The second kappa shape index (κ2) is 8.22. The number of thiol groups is 1. The third-order valence-electron chi connectivity index (χ3n) is 6.36. The molecule has 0 saturated heterocycles. The van der Waals surface area contributed by atoms with Gasteiger partial charge < -0.3 is 0 Å². The summed E-state index contributed by atoms with van der Waals surface area (Å²) in [6, 6.07) is 0. The van der Waals surface area contributed by atoms with Crippen molar-refractivity contribution in [2.45, 2.75) is 90.0 Å². The van der Waals surface area contributed by atoms with Crippen molar-refractivity contribution >= 4 is 12.6 Å². The molecular weight excluding hydrogens is 279 g/mol. The van der Waals surface area contributed by atoms with E-state index in [0.717, 1.165) is 37.5 Å². The van der Waals surface area contributed by atoms with Crippen molar-refractivity contribution in [1.29, 1.82) is 0 Å². The Labute approximate surface area is 137 Å². The van der Waals surface area contributed by atoms with E-state index in [2.05, 4.69) is 33.4 Å². The molecule has 2 aliphatic carbocycles. The van der Waals surface area contributed by atoms with Gasteiger partial charge in [-0.05, 0) is 79.8 Å². The molecule has 0 aromatic heterocycles. The molecule has 0 bridgehead atoms. The molecule has 2 aliphatic rings. The molecule has 124 valence electrons. The van der Waals surface area contributed by atoms with Gasteiger partial charge in [-0.25, -0.2) is 4.39 Å². The highest BCUT2D eigenvalue weighted by Gasteiger charge is 2.37. The molecular formula is C19H35FS. The average molecular weight is 315 g/mol. The van der Waals surface area contributed by atoms with Crippen LogP contribution in [-0.4, -0.2) is 11.4 Å². The molecule has 0 heterocycles. The molecule has 2 fully saturated rings. The highest BCUT2D eigenvalue weighted by molar-refractivity contribution is 7.80. The summed E-state index contributed by atoms with van der Waals surface area (Å²) in [6.45, 7) is 6.77. The fourth-order valence-corrected chi connectivity index (χ4v) is 4.86. The van der Waals surface area contributed by atoms with E-state index in [0.29, 0.717) is 23.0 Å². The lowest BCUT2D eigenvalue weighted by atomic mass is 9.66. The van der Waals surface area contributed by atoms with Crippen LogP contribution in [0.4, 0.5) is 4.39 Å². The quantitative estimate of drug-likeness (QED) is 0.565. The van der Waals surface area contributed by atoms with Gasteiger partial charge in [0.05, 0.1) is 0 Å². The van der Waals surface area contributed by atoms with Crippen molar-refractivity contribution in [2.24, 2.45) is 29.6 Å². The number of hydrogen-bond acceptors (Lipinski definition) is 1. The Morgan fingerprint density at radius 2 is 1.57 bits per heavy atom. The first-order chi connectivity index (χ1) is 9.97. The van der Waals surface area contributed by atoms with Gasteiger partial charge >= 0.3 is 0 Å². The maximum Gasteiger partial charge on any atom is 0.103 e. The Morgan fingerprint density at radius 1 is 0.952 bits per heavy atom. The van der Waals surface area contributed by atoms with Crippen molar-refractivity contribution in [3.05, 3.63) is 0 Å². The van der Waals surface area contributed by atoms with Crippen molar-refractivity contribution in [3.63, 3.8) is 0 Å². The fraction of sp³-hybridized carbons (Fsp3) is 1.00. The molecule has 2 saturated carbocycles. The molecule has 0 radical (unpaired) electrons. The van der Waals surface area contributed by atoms with Crippen LogP contribution < -0.4 is 0 Å². The molecule has 0 aromatic carbocycles. The average Bonchev–Trinajstić information content (AvgIpc) is 2.45. The van der Waals surface area contributed by atoms with Gasteiger partial charge in [0.25, 0.3) is 0 Å². The molecule has 21 heavy (non-hydrogen) atoms. The maximum atomic E-state index is 14.7. The minimum absolute atomic E-state index is 0.316. The summed E-state index contributed by atoms with van der Waals surface area (Å²) in [5, 5.41) is 0.450. The lowest BCUT2D eigenvalue weighted by Crippen LogP contribution is -2.34. The molecule has 0 aliphatic heterocycles. The van der Waals surface area contributed by atoms with E-state index in [4.69, 9.17) is 0 Å². The van der Waals surface area contributed by atoms with Gasteiger partial charge in [0, 0.05) is 0 Å². The smallest absolute Gasteiger partial charge is 0.103 e. The fourth-order valence-electron chi connectivity index (χ4n) is 4.71. The molecule has 0 N–H and O–H groups in total. The zero-order chi connectivity index (χ0) is 15.4. The Kier molecular flexibility index (Phi) is 6.90. The van der Waals surface area contributed by atoms with Crippen molar-refractivity contribution in [2.75, 3.05) is 0 Å². The molecule has 0 aromatic rings. The van der Waals surface area contributed by atoms with Gasteiger partial charge in [-0.15, -0.1) is 0 Å². The number of rotatable bonds is 5. The highest BCUT2D eigenvalue weighted by atomic mass is 32.1. The van der Waals surface area contributed by atoms with Crippen molar-refractivity contribution in [1.82, 2.24) is 0 Å². The van der Waals surface area contributed by atoms with Gasteiger partial charge in [-0.2, -0.15) is 12.6 Å². The van der Waals surface area contributed by atoms with Crippen LogP contribution >= 0.6 is 12.6 Å². The number of hydrogen-bond donors (Lipinski definition) is 1. The van der Waals surface area contributed by atoms with Crippen LogP contribution in [-0.2, 0) is 0 Å². The third kappa shape index (κ3) is 5.15. The maximum absolute atomic E-state index is 14.7. The van der Waals surface area contributed by atoms with Crippen LogP contribution in [0.3, 0.4) is 0 Å². The van der Waals surface area contributed by atoms with E-state index in [-0.39, 0.29) is 0 Å². The summed E-state index contributed by atoms with van der Waals surface area (Å²) in [5.41, 5.74) is 0. The van der Waals surface area contributed by atoms with Crippen LogP contribution in [0, 0.1) is 29.6 Å². The lowest BCUT2D eigenvalue weighted by molar-refractivity contribution is 0.0512. The van der Waals surface area contributed by atoms with Crippen molar-refractivity contribution < 1.29 is 4.39 Å².